The van der Waals surface area contributed by atoms with Crippen molar-refractivity contribution in [2.45, 2.75) is 0 Å². The fraction of sp³-hybridized carbons (Fsp3) is 0. The molecule has 2 rings (SSSR count). The first-order valence-electron chi connectivity index (χ1n) is 6.68. The summed E-state index contributed by atoms with van der Waals surface area (Å²) in [7, 11) is -0.330. The van der Waals surface area contributed by atoms with Crippen LogP contribution in [0.3, 0.4) is 0 Å². The van der Waals surface area contributed by atoms with Crippen LogP contribution in [0.5, 0.6) is 0 Å². The number of nitrogens with zero attached hydrogens (tertiary/aromatic N) is 3. The quantitative estimate of drug-likeness (QED) is 0.109. The molecule has 2 aromatic rings. The maximum absolute atomic E-state index is 12.8. The second-order valence-electron chi connectivity index (χ2n) is 4.37. The first-order valence-corrected chi connectivity index (χ1v) is 10.0. The molecule has 0 saturated carbocycles. The fourth-order valence-corrected chi connectivity index (χ4v) is 2.27. The van der Waals surface area contributed by atoms with E-state index in [1.54, 1.807) is 0 Å². The monoisotopic (exact) mass is 584 g/mol. The van der Waals surface area contributed by atoms with Gasteiger partial charge in [-0.2, -0.15) is 17.2 Å². The van der Waals surface area contributed by atoms with E-state index >= 15 is 0 Å². The van der Waals surface area contributed by atoms with Gasteiger partial charge in [-0.25, -0.2) is 0 Å². The van der Waals surface area contributed by atoms with Gasteiger partial charge in [0.1, 0.15) is 0 Å². The van der Waals surface area contributed by atoms with E-state index in [0.29, 0.717) is 4.47 Å². The summed E-state index contributed by atoms with van der Waals surface area (Å²) in [4.78, 5) is 18.6. The predicted octanol–water partition coefficient (Wildman–Crippen LogP) is 5.07. The van der Waals surface area contributed by atoms with Gasteiger partial charge in [-0.1, -0.05) is 45.2 Å². The minimum atomic E-state index is -4.67. The van der Waals surface area contributed by atoms with Crippen molar-refractivity contribution < 1.29 is 36.2 Å². The van der Waals surface area contributed by atoms with Gasteiger partial charge in [0.05, 0.1) is 19.9 Å². The molecule has 0 aliphatic rings. The van der Waals surface area contributed by atoms with Crippen LogP contribution in [0.25, 0.3) is 0 Å². The van der Waals surface area contributed by atoms with E-state index < -0.39 is 43.3 Å². The number of rotatable bonds is 2. The number of hydrogen-bond acceptors (Lipinski definition) is 8. The van der Waals surface area contributed by atoms with Crippen molar-refractivity contribution in [1.82, 2.24) is 0 Å². The van der Waals surface area contributed by atoms with E-state index in [0.717, 1.165) is 12.1 Å². The molecule has 0 aromatic heterocycles. The van der Waals surface area contributed by atoms with Crippen molar-refractivity contribution in [3.05, 3.63) is 76.7 Å². The van der Waals surface area contributed by atoms with Crippen LogP contribution in [0.15, 0.2) is 39.1 Å². The maximum atomic E-state index is 12.8. The van der Waals surface area contributed by atoms with Gasteiger partial charge in [0, 0.05) is 16.6 Å². The Morgan fingerprint density at radius 1 is 1.03 bits per heavy atom. The molecular weight excluding hydrogens is 578 g/mol. The number of thiol groups is 1. The zero-order valence-electron chi connectivity index (χ0n) is 14.4. The molecule has 0 saturated heterocycles. The van der Waals surface area contributed by atoms with Gasteiger partial charge in [0.25, 0.3) is 0 Å². The third kappa shape index (κ3) is 14.8. The third-order valence-corrected chi connectivity index (χ3v) is 3.32. The standard InChI is InChI=1S/C6H2BrClFNO2.C6H3ClFNO2.BHNS.H2O4S/c7-3-1-4(8)6(9)5(2-3)10(11)12;7-4-2-1-3-5(6(4)8)9(10)11;1-2-3;1-5(2,3)4/h1-2H;1-3H;3H;(H2,1,2,3,4). The summed E-state index contributed by atoms with van der Waals surface area (Å²) >= 11 is 16.8. The van der Waals surface area contributed by atoms with E-state index in [4.69, 9.17) is 40.7 Å². The van der Waals surface area contributed by atoms with Gasteiger partial charge < -0.3 is 0 Å². The number of hydrogen-bond donors (Lipinski definition) is 3. The molecule has 2 aromatic carbocycles. The Bertz CT molecular complexity index is 1040. The fourth-order valence-electron chi connectivity index (χ4n) is 1.31. The van der Waals surface area contributed by atoms with Crippen molar-refractivity contribution in [2.75, 3.05) is 0 Å². The molecular formula is C12H8BBrCl2F2N3O8S2. The summed E-state index contributed by atoms with van der Waals surface area (Å²) in [6.45, 7) is 0. The summed E-state index contributed by atoms with van der Waals surface area (Å²) in [6.07, 6.45) is 0. The average molecular weight is 586 g/mol. The van der Waals surface area contributed by atoms with Crippen molar-refractivity contribution in [3.63, 3.8) is 0 Å². The van der Waals surface area contributed by atoms with Gasteiger partial charge in [-0.3, -0.25) is 29.3 Å². The summed E-state index contributed by atoms with van der Waals surface area (Å²) < 4.78 is 60.2. The molecule has 0 unspecified atom stereocenters. The van der Waals surface area contributed by atoms with Crippen molar-refractivity contribution in [3.8, 4) is 0 Å². The molecule has 0 heterocycles. The zero-order chi connectivity index (χ0) is 24.9. The molecule has 31 heavy (non-hydrogen) atoms. The van der Waals surface area contributed by atoms with Crippen LogP contribution in [0.1, 0.15) is 0 Å². The van der Waals surface area contributed by atoms with Gasteiger partial charge in [0.2, 0.25) is 11.6 Å². The summed E-state index contributed by atoms with van der Waals surface area (Å²) in [5.74, 6) is -2.00. The third-order valence-electron chi connectivity index (χ3n) is 2.30. The molecule has 1 radical (unpaired) electrons. The Morgan fingerprint density at radius 2 is 1.42 bits per heavy atom. The molecule has 2 N–H and O–H groups in total. The normalized spacial score (nSPS) is 9.52. The number of nitro groups is 2. The van der Waals surface area contributed by atoms with Crippen LogP contribution in [0, 0.1) is 31.9 Å². The van der Waals surface area contributed by atoms with Crippen LogP contribution in [-0.2, 0) is 10.4 Å². The molecule has 0 spiro atoms. The van der Waals surface area contributed by atoms with E-state index in [2.05, 4.69) is 40.7 Å². The predicted molar refractivity (Wildman–Crippen MR) is 115 cm³/mol. The average Bonchev–Trinajstić information content (AvgIpc) is 2.60. The Kier molecular flexibility index (Phi) is 15.3. The minimum absolute atomic E-state index is 0.237. The second-order valence-corrected chi connectivity index (χ2v) is 7.23. The Balaban J connectivity index is 0. The molecule has 0 aliphatic heterocycles. The molecule has 0 fully saturated rings. The van der Waals surface area contributed by atoms with Crippen molar-refractivity contribution >= 4 is 81.4 Å². The molecule has 0 atom stereocenters. The van der Waals surface area contributed by atoms with Crippen LogP contribution < -0.4 is 0 Å². The topological polar surface area (TPSA) is 173 Å². The summed E-state index contributed by atoms with van der Waals surface area (Å²) in [5.41, 5.74) is -1.23. The Hall–Kier alpha value is -1.76. The van der Waals surface area contributed by atoms with E-state index in [1.807, 2.05) is 0 Å². The van der Waals surface area contributed by atoms with Gasteiger partial charge >= 0.3 is 46.5 Å². The van der Waals surface area contributed by atoms with Gasteiger partial charge in [0.15, 0.2) is 0 Å². The zero-order valence-corrected chi connectivity index (χ0v) is 19.2. The van der Waals surface area contributed by atoms with E-state index in [9.17, 15) is 29.0 Å². The molecule has 0 aliphatic carbocycles. The van der Waals surface area contributed by atoms with Crippen LogP contribution >= 0.6 is 51.9 Å². The SMILES string of the molecule is O=S(=O)(O)O.O=[N+]([O-])c1cc(Br)cc(Cl)c1F.O=[N+]([O-])c1cccc(Cl)c1F.[B]=NS. The number of benzene rings is 2. The van der Waals surface area contributed by atoms with E-state index in [1.165, 1.54) is 18.2 Å². The second kappa shape index (κ2) is 15.1. The summed E-state index contributed by atoms with van der Waals surface area (Å²) in [5, 5.41) is 19.8. The molecule has 19 heteroatoms. The van der Waals surface area contributed by atoms with Crippen molar-refractivity contribution in [1.29, 1.82) is 0 Å². The number of nitro benzene ring substituents is 2. The molecule has 0 amide bonds. The number of halogens is 5. The first kappa shape index (κ1) is 31.4. The molecule has 11 nitrogen and oxygen atoms in total. The van der Waals surface area contributed by atoms with Gasteiger partial charge in [-0.15, -0.1) is 0 Å². The van der Waals surface area contributed by atoms with E-state index in [-0.39, 0.29) is 10.0 Å². The first-order chi connectivity index (χ1) is 14.1. The van der Waals surface area contributed by atoms with Crippen LogP contribution in [0.4, 0.5) is 20.2 Å². The molecule has 0 bridgehead atoms. The van der Waals surface area contributed by atoms with Gasteiger partial charge in [-0.05, 0) is 12.1 Å². The molecule has 169 valence electrons. The van der Waals surface area contributed by atoms with Crippen LogP contribution in [-0.4, -0.2) is 35.0 Å². The summed E-state index contributed by atoms with van der Waals surface area (Å²) in [6, 6.07) is 5.94. The Morgan fingerprint density at radius 3 is 1.77 bits per heavy atom. The Labute approximate surface area is 198 Å². The van der Waals surface area contributed by atoms with Crippen LogP contribution in [0.2, 0.25) is 10.0 Å². The van der Waals surface area contributed by atoms with Crippen molar-refractivity contribution in [2.24, 2.45) is 4.30 Å².